The number of nitrogens with one attached hydrogen (secondary N) is 1. The molecule has 2 aromatic rings. The van der Waals surface area contributed by atoms with Gasteiger partial charge in [-0.1, -0.05) is 26.0 Å². The van der Waals surface area contributed by atoms with Crippen LogP contribution in [0, 0.1) is 11.7 Å². The number of imidazole rings is 1. The van der Waals surface area contributed by atoms with Crippen molar-refractivity contribution in [2.75, 3.05) is 0 Å². The van der Waals surface area contributed by atoms with E-state index in [1.54, 1.807) is 24.4 Å². The molecule has 0 saturated heterocycles. The van der Waals surface area contributed by atoms with Crippen LogP contribution >= 0.6 is 0 Å². The van der Waals surface area contributed by atoms with Crippen LogP contribution in [0.2, 0.25) is 0 Å². The van der Waals surface area contributed by atoms with Gasteiger partial charge in [0, 0.05) is 5.56 Å². The predicted octanol–water partition coefficient (Wildman–Crippen LogP) is 2.87. The molecule has 3 N–H and O–H groups in total. The van der Waals surface area contributed by atoms with Gasteiger partial charge in [-0.3, -0.25) is 0 Å². The van der Waals surface area contributed by atoms with E-state index in [1.807, 2.05) is 13.8 Å². The van der Waals surface area contributed by atoms with Crippen LogP contribution in [0.4, 0.5) is 4.39 Å². The molecule has 0 radical (unpaired) electrons. The summed E-state index contributed by atoms with van der Waals surface area (Å²) in [5, 5.41) is 0. The monoisotopic (exact) mass is 233 g/mol. The molecule has 1 atom stereocenters. The number of nitrogens with two attached hydrogens (primary N) is 1. The molecule has 90 valence electrons. The van der Waals surface area contributed by atoms with Crippen molar-refractivity contribution >= 4 is 0 Å². The Morgan fingerprint density at radius 2 is 2.00 bits per heavy atom. The van der Waals surface area contributed by atoms with Crippen LogP contribution in [0.5, 0.6) is 0 Å². The highest BCUT2D eigenvalue weighted by Gasteiger charge is 2.15. The van der Waals surface area contributed by atoms with Crippen molar-refractivity contribution in [1.82, 2.24) is 9.97 Å². The van der Waals surface area contributed by atoms with E-state index in [0.29, 0.717) is 17.1 Å². The SMILES string of the molecule is CC(C)C(N)c1ncc(-c2ccccc2F)[nH]1. The van der Waals surface area contributed by atoms with Gasteiger partial charge in [0.1, 0.15) is 11.6 Å². The van der Waals surface area contributed by atoms with Crippen LogP contribution in [0.1, 0.15) is 25.7 Å². The number of halogens is 1. The molecular formula is C13H16FN3. The lowest BCUT2D eigenvalue weighted by Crippen LogP contribution is -2.18. The average Bonchev–Trinajstić information content (AvgIpc) is 2.77. The topological polar surface area (TPSA) is 54.7 Å². The minimum Gasteiger partial charge on any atom is -0.341 e. The van der Waals surface area contributed by atoms with Crippen LogP contribution in [0.15, 0.2) is 30.5 Å². The van der Waals surface area contributed by atoms with Crippen molar-refractivity contribution < 1.29 is 4.39 Å². The molecule has 1 heterocycles. The standard InChI is InChI=1S/C13H16FN3/c1-8(2)12(15)13-16-7-11(17-13)9-5-3-4-6-10(9)14/h3-8,12H,15H2,1-2H3,(H,16,17). The Kier molecular flexibility index (Phi) is 3.24. The van der Waals surface area contributed by atoms with Crippen molar-refractivity contribution in [2.45, 2.75) is 19.9 Å². The normalized spacial score (nSPS) is 13.0. The molecule has 1 unspecified atom stereocenters. The zero-order valence-corrected chi connectivity index (χ0v) is 9.94. The van der Waals surface area contributed by atoms with Crippen LogP contribution in [-0.2, 0) is 0 Å². The molecule has 0 spiro atoms. The Morgan fingerprint density at radius 3 is 2.65 bits per heavy atom. The van der Waals surface area contributed by atoms with Crippen LogP contribution in [0.3, 0.4) is 0 Å². The molecule has 3 nitrogen and oxygen atoms in total. The second-order valence-electron chi connectivity index (χ2n) is 4.43. The van der Waals surface area contributed by atoms with Gasteiger partial charge in [-0.25, -0.2) is 9.37 Å². The molecule has 0 aliphatic rings. The summed E-state index contributed by atoms with van der Waals surface area (Å²) in [4.78, 5) is 7.28. The maximum Gasteiger partial charge on any atom is 0.132 e. The maximum absolute atomic E-state index is 13.6. The minimum absolute atomic E-state index is 0.157. The van der Waals surface area contributed by atoms with E-state index in [2.05, 4.69) is 9.97 Å². The number of hydrogen-bond donors (Lipinski definition) is 2. The molecule has 4 heteroatoms. The maximum atomic E-state index is 13.6. The highest BCUT2D eigenvalue weighted by atomic mass is 19.1. The van der Waals surface area contributed by atoms with Gasteiger partial charge in [0.15, 0.2) is 0 Å². The molecule has 1 aromatic heterocycles. The molecule has 0 aliphatic carbocycles. The van der Waals surface area contributed by atoms with E-state index in [9.17, 15) is 4.39 Å². The van der Waals surface area contributed by atoms with Gasteiger partial charge in [0.2, 0.25) is 0 Å². The number of nitrogens with zero attached hydrogens (tertiary/aromatic N) is 1. The molecule has 0 fully saturated rings. The Hall–Kier alpha value is -1.68. The average molecular weight is 233 g/mol. The smallest absolute Gasteiger partial charge is 0.132 e. The third-order valence-corrected chi connectivity index (χ3v) is 2.79. The van der Waals surface area contributed by atoms with E-state index in [4.69, 9.17) is 5.73 Å². The van der Waals surface area contributed by atoms with Gasteiger partial charge in [-0.05, 0) is 18.1 Å². The highest BCUT2D eigenvalue weighted by Crippen LogP contribution is 2.23. The number of aromatic nitrogens is 2. The van der Waals surface area contributed by atoms with E-state index >= 15 is 0 Å². The Morgan fingerprint density at radius 1 is 1.29 bits per heavy atom. The molecule has 0 saturated carbocycles. The molecule has 0 aliphatic heterocycles. The zero-order chi connectivity index (χ0) is 12.4. The first-order valence-corrected chi connectivity index (χ1v) is 5.65. The predicted molar refractivity (Wildman–Crippen MR) is 65.7 cm³/mol. The fraction of sp³-hybridized carbons (Fsp3) is 0.308. The Bertz CT molecular complexity index is 505. The van der Waals surface area contributed by atoms with Crippen molar-refractivity contribution in [1.29, 1.82) is 0 Å². The lowest BCUT2D eigenvalue weighted by atomic mass is 10.1. The van der Waals surface area contributed by atoms with Crippen molar-refractivity contribution in [3.8, 4) is 11.3 Å². The summed E-state index contributed by atoms with van der Waals surface area (Å²) in [5.41, 5.74) is 7.16. The Balaban J connectivity index is 2.34. The lowest BCUT2D eigenvalue weighted by molar-refractivity contribution is 0.494. The van der Waals surface area contributed by atoms with E-state index < -0.39 is 0 Å². The summed E-state index contributed by atoms with van der Waals surface area (Å²) in [5.74, 6) is 0.716. The fourth-order valence-corrected chi connectivity index (χ4v) is 1.64. The zero-order valence-electron chi connectivity index (χ0n) is 9.94. The second-order valence-corrected chi connectivity index (χ2v) is 4.43. The van der Waals surface area contributed by atoms with Crippen LogP contribution in [-0.4, -0.2) is 9.97 Å². The molecule has 2 rings (SSSR count). The Labute approximate surface area is 99.9 Å². The first kappa shape index (κ1) is 11.8. The summed E-state index contributed by atoms with van der Waals surface area (Å²) < 4.78 is 13.6. The first-order chi connectivity index (χ1) is 8.09. The largest absolute Gasteiger partial charge is 0.341 e. The number of benzene rings is 1. The van der Waals surface area contributed by atoms with Crippen molar-refractivity contribution in [2.24, 2.45) is 11.7 Å². The van der Waals surface area contributed by atoms with E-state index in [0.717, 1.165) is 0 Å². The molecule has 17 heavy (non-hydrogen) atoms. The first-order valence-electron chi connectivity index (χ1n) is 5.65. The van der Waals surface area contributed by atoms with Crippen LogP contribution < -0.4 is 5.73 Å². The number of rotatable bonds is 3. The summed E-state index contributed by atoms with van der Waals surface area (Å²) in [6, 6.07) is 6.44. The van der Waals surface area contributed by atoms with Gasteiger partial charge in [0.25, 0.3) is 0 Å². The summed E-state index contributed by atoms with van der Waals surface area (Å²) in [6.45, 7) is 4.05. The summed E-state index contributed by atoms with van der Waals surface area (Å²) in [7, 11) is 0. The van der Waals surface area contributed by atoms with Crippen molar-refractivity contribution in [3.63, 3.8) is 0 Å². The number of aromatic amines is 1. The molecule has 0 bridgehead atoms. The summed E-state index contributed by atoms with van der Waals surface area (Å²) in [6.07, 6.45) is 1.62. The quantitative estimate of drug-likeness (QED) is 0.856. The minimum atomic E-state index is -0.263. The van der Waals surface area contributed by atoms with Gasteiger partial charge in [-0.15, -0.1) is 0 Å². The fourth-order valence-electron chi connectivity index (χ4n) is 1.64. The van der Waals surface area contributed by atoms with Crippen LogP contribution in [0.25, 0.3) is 11.3 Å². The molecule has 0 amide bonds. The molecular weight excluding hydrogens is 217 g/mol. The second kappa shape index (κ2) is 4.67. The lowest BCUT2D eigenvalue weighted by Gasteiger charge is -2.12. The molecule has 1 aromatic carbocycles. The van der Waals surface area contributed by atoms with E-state index in [1.165, 1.54) is 6.07 Å². The third kappa shape index (κ3) is 2.36. The highest BCUT2D eigenvalue weighted by molar-refractivity contribution is 5.59. The van der Waals surface area contributed by atoms with Gasteiger partial charge in [-0.2, -0.15) is 0 Å². The van der Waals surface area contributed by atoms with Gasteiger partial charge >= 0.3 is 0 Å². The number of hydrogen-bond acceptors (Lipinski definition) is 2. The third-order valence-electron chi connectivity index (χ3n) is 2.79. The number of H-pyrrole nitrogens is 1. The van der Waals surface area contributed by atoms with Crippen molar-refractivity contribution in [3.05, 3.63) is 42.1 Å². The van der Waals surface area contributed by atoms with E-state index in [-0.39, 0.29) is 17.8 Å². The van der Waals surface area contributed by atoms with Gasteiger partial charge in [0.05, 0.1) is 17.9 Å². The van der Waals surface area contributed by atoms with Gasteiger partial charge < -0.3 is 10.7 Å². The summed E-state index contributed by atoms with van der Waals surface area (Å²) >= 11 is 0.